The fourth-order valence-electron chi connectivity index (χ4n) is 3.45. The Bertz CT molecular complexity index is 1030. The lowest BCUT2D eigenvalue weighted by molar-refractivity contribution is 0.564. The normalized spacial score (nSPS) is 15.6. The Morgan fingerprint density at radius 1 is 1.07 bits per heavy atom. The molecule has 148 valence electrons. The molecule has 3 aromatic rings. The molecule has 10 heteroatoms. The summed E-state index contributed by atoms with van der Waals surface area (Å²) in [6.45, 7) is 2.56. The second kappa shape index (κ2) is 8.19. The molecule has 1 aliphatic heterocycles. The second-order valence-corrected chi connectivity index (χ2v) is 8.56. The van der Waals surface area contributed by atoms with Crippen molar-refractivity contribution in [2.75, 3.05) is 24.5 Å². The number of hydrogen-bond donors (Lipinski definition) is 1. The van der Waals surface area contributed by atoms with Gasteiger partial charge < -0.3 is 4.90 Å². The Hall–Kier alpha value is -2.59. The SMILES string of the molecule is O=S(=O)(NCCn1ncc2c(N3CCCCCC3)ncnc21)c1cccnc1. The predicted molar refractivity (Wildman–Crippen MR) is 105 cm³/mol. The average molecular weight is 401 g/mol. The number of anilines is 1. The summed E-state index contributed by atoms with van der Waals surface area (Å²) < 4.78 is 28.9. The molecule has 0 radical (unpaired) electrons. The van der Waals surface area contributed by atoms with Crippen LogP contribution in [0.3, 0.4) is 0 Å². The van der Waals surface area contributed by atoms with Gasteiger partial charge in [0.15, 0.2) is 5.65 Å². The number of pyridine rings is 1. The Kier molecular flexibility index (Phi) is 5.49. The van der Waals surface area contributed by atoms with Crippen molar-refractivity contribution < 1.29 is 8.42 Å². The van der Waals surface area contributed by atoms with Crippen molar-refractivity contribution in [3.8, 4) is 0 Å². The molecule has 0 unspecified atom stereocenters. The average Bonchev–Trinajstić information content (AvgIpc) is 2.94. The number of rotatable bonds is 6. The van der Waals surface area contributed by atoms with Crippen LogP contribution >= 0.6 is 0 Å². The molecule has 1 fully saturated rings. The van der Waals surface area contributed by atoms with E-state index in [1.807, 2.05) is 0 Å². The molecule has 0 saturated carbocycles. The first-order chi connectivity index (χ1) is 13.6. The van der Waals surface area contributed by atoms with Gasteiger partial charge in [0.25, 0.3) is 0 Å². The molecular weight excluding hydrogens is 378 g/mol. The molecule has 1 N–H and O–H groups in total. The minimum absolute atomic E-state index is 0.145. The van der Waals surface area contributed by atoms with Gasteiger partial charge in [0.2, 0.25) is 10.0 Å². The van der Waals surface area contributed by atoms with Crippen LogP contribution in [0.4, 0.5) is 5.82 Å². The van der Waals surface area contributed by atoms with Crippen molar-refractivity contribution >= 4 is 26.9 Å². The van der Waals surface area contributed by atoms with Gasteiger partial charge in [-0.15, -0.1) is 0 Å². The van der Waals surface area contributed by atoms with Crippen LogP contribution < -0.4 is 9.62 Å². The first-order valence-corrected chi connectivity index (χ1v) is 10.9. The van der Waals surface area contributed by atoms with Crippen LogP contribution in [-0.4, -0.2) is 52.8 Å². The third-order valence-electron chi connectivity index (χ3n) is 4.88. The van der Waals surface area contributed by atoms with E-state index in [4.69, 9.17) is 0 Å². The topological polar surface area (TPSA) is 106 Å². The van der Waals surface area contributed by atoms with Crippen molar-refractivity contribution in [3.05, 3.63) is 37.1 Å². The lowest BCUT2D eigenvalue weighted by atomic mass is 10.2. The molecule has 0 amide bonds. The molecular formula is C18H23N7O2S. The van der Waals surface area contributed by atoms with Crippen molar-refractivity contribution in [2.45, 2.75) is 37.1 Å². The molecule has 0 aliphatic carbocycles. The molecule has 28 heavy (non-hydrogen) atoms. The lowest BCUT2D eigenvalue weighted by Crippen LogP contribution is -2.28. The van der Waals surface area contributed by atoms with Crippen LogP contribution in [0.5, 0.6) is 0 Å². The van der Waals surface area contributed by atoms with E-state index in [0.717, 1.165) is 42.8 Å². The molecule has 0 aromatic carbocycles. The minimum Gasteiger partial charge on any atom is -0.356 e. The number of nitrogens with one attached hydrogen (secondary N) is 1. The van der Waals surface area contributed by atoms with Crippen LogP contribution in [0.25, 0.3) is 11.0 Å². The fraction of sp³-hybridized carbons (Fsp3) is 0.444. The number of nitrogens with zero attached hydrogens (tertiary/aromatic N) is 6. The molecule has 0 spiro atoms. The summed E-state index contributed by atoms with van der Waals surface area (Å²) >= 11 is 0. The van der Waals surface area contributed by atoms with Crippen LogP contribution in [0, 0.1) is 0 Å². The number of fused-ring (bicyclic) bond motifs is 1. The highest BCUT2D eigenvalue weighted by molar-refractivity contribution is 7.89. The fourth-order valence-corrected chi connectivity index (χ4v) is 4.44. The highest BCUT2D eigenvalue weighted by Gasteiger charge is 2.18. The van der Waals surface area contributed by atoms with Gasteiger partial charge >= 0.3 is 0 Å². The minimum atomic E-state index is -3.59. The summed E-state index contributed by atoms with van der Waals surface area (Å²) in [5, 5.41) is 5.31. The maximum absolute atomic E-state index is 12.3. The summed E-state index contributed by atoms with van der Waals surface area (Å²) in [5.41, 5.74) is 0.717. The Morgan fingerprint density at radius 2 is 1.89 bits per heavy atom. The monoisotopic (exact) mass is 401 g/mol. The maximum atomic E-state index is 12.3. The van der Waals surface area contributed by atoms with E-state index in [2.05, 4.69) is 29.7 Å². The van der Waals surface area contributed by atoms with Gasteiger partial charge in [-0.25, -0.2) is 27.8 Å². The molecule has 0 atom stereocenters. The highest BCUT2D eigenvalue weighted by atomic mass is 32.2. The molecule has 9 nitrogen and oxygen atoms in total. The summed E-state index contributed by atoms with van der Waals surface area (Å²) in [7, 11) is -3.59. The second-order valence-electron chi connectivity index (χ2n) is 6.79. The number of hydrogen-bond acceptors (Lipinski definition) is 7. The molecule has 1 aliphatic rings. The Morgan fingerprint density at radius 3 is 2.64 bits per heavy atom. The predicted octanol–water partition coefficient (Wildman–Crippen LogP) is 1.58. The molecule has 4 heterocycles. The first kappa shape index (κ1) is 18.8. The van der Waals surface area contributed by atoms with E-state index in [-0.39, 0.29) is 11.4 Å². The summed E-state index contributed by atoms with van der Waals surface area (Å²) in [4.78, 5) is 15.2. The van der Waals surface area contributed by atoms with Crippen LogP contribution in [0.15, 0.2) is 41.9 Å². The molecule has 1 saturated heterocycles. The van der Waals surface area contributed by atoms with Gasteiger partial charge in [-0.05, 0) is 25.0 Å². The van der Waals surface area contributed by atoms with Gasteiger partial charge in [0, 0.05) is 32.0 Å². The van der Waals surface area contributed by atoms with Gasteiger partial charge in [-0.2, -0.15) is 5.10 Å². The molecule has 3 aromatic heterocycles. The highest BCUT2D eigenvalue weighted by Crippen LogP contribution is 2.25. The number of sulfonamides is 1. The van der Waals surface area contributed by atoms with Crippen molar-refractivity contribution in [3.63, 3.8) is 0 Å². The van der Waals surface area contributed by atoms with Crippen LogP contribution in [0.2, 0.25) is 0 Å². The Balaban J connectivity index is 1.49. The third kappa shape index (κ3) is 3.97. The standard InChI is InChI=1S/C18H23N7O2S/c26-28(27,15-6-5-7-19-12-15)23-8-11-25-18-16(13-22-25)17(20-14-21-18)24-9-3-1-2-4-10-24/h5-7,12-14,23H,1-4,8-11H2. The summed E-state index contributed by atoms with van der Waals surface area (Å²) in [6, 6.07) is 3.11. The van der Waals surface area contributed by atoms with E-state index in [1.54, 1.807) is 23.3 Å². The first-order valence-electron chi connectivity index (χ1n) is 9.46. The zero-order valence-corrected chi connectivity index (χ0v) is 16.3. The largest absolute Gasteiger partial charge is 0.356 e. The quantitative estimate of drug-likeness (QED) is 0.668. The van der Waals surface area contributed by atoms with E-state index < -0.39 is 10.0 Å². The molecule has 0 bridgehead atoms. The van der Waals surface area contributed by atoms with E-state index in [0.29, 0.717) is 6.54 Å². The van der Waals surface area contributed by atoms with E-state index in [9.17, 15) is 8.42 Å². The van der Waals surface area contributed by atoms with Crippen LogP contribution in [0.1, 0.15) is 25.7 Å². The van der Waals surface area contributed by atoms with Crippen molar-refractivity contribution in [1.29, 1.82) is 0 Å². The lowest BCUT2D eigenvalue weighted by Gasteiger charge is -2.21. The van der Waals surface area contributed by atoms with Gasteiger partial charge in [0.1, 0.15) is 17.0 Å². The van der Waals surface area contributed by atoms with Gasteiger partial charge in [0.05, 0.1) is 18.1 Å². The summed E-state index contributed by atoms with van der Waals surface area (Å²) in [5.74, 6) is 0.911. The van der Waals surface area contributed by atoms with Gasteiger partial charge in [-0.3, -0.25) is 4.98 Å². The third-order valence-corrected chi connectivity index (χ3v) is 6.32. The van der Waals surface area contributed by atoms with E-state index >= 15 is 0 Å². The van der Waals surface area contributed by atoms with Gasteiger partial charge in [-0.1, -0.05) is 12.8 Å². The van der Waals surface area contributed by atoms with Crippen LogP contribution in [-0.2, 0) is 16.6 Å². The van der Waals surface area contributed by atoms with E-state index in [1.165, 1.54) is 31.3 Å². The van der Waals surface area contributed by atoms with Crippen molar-refractivity contribution in [2.24, 2.45) is 0 Å². The number of aromatic nitrogens is 5. The zero-order valence-electron chi connectivity index (χ0n) is 15.5. The zero-order chi connectivity index (χ0) is 19.4. The molecule has 4 rings (SSSR count). The Labute approximate surface area is 163 Å². The van der Waals surface area contributed by atoms with Crippen molar-refractivity contribution in [1.82, 2.24) is 29.5 Å². The smallest absolute Gasteiger partial charge is 0.242 e. The summed E-state index contributed by atoms with van der Waals surface area (Å²) in [6.07, 6.45) is 11.0. The maximum Gasteiger partial charge on any atom is 0.242 e.